The Morgan fingerprint density at radius 3 is 1.80 bits per heavy atom. The Labute approximate surface area is 215 Å². The molecule has 0 atom stereocenters. The first-order valence-corrected chi connectivity index (χ1v) is 10.5. The van der Waals surface area contributed by atoms with Crippen LogP contribution in [0.1, 0.15) is 5.56 Å². The van der Waals surface area contributed by atoms with Crippen LogP contribution in [0.25, 0.3) is 33.6 Å². The second-order valence-electron chi connectivity index (χ2n) is 7.24. The number of hydrogen-bond donors (Lipinski definition) is 0. The monoisotopic (exact) mass is 645 g/mol. The fourth-order valence-corrected chi connectivity index (χ4v) is 3.36. The zero-order valence-electron chi connectivity index (χ0n) is 18.3. The Balaban J connectivity index is 0.000000223. The molecule has 0 N–H and O–H groups in total. The van der Waals surface area contributed by atoms with Crippen molar-refractivity contribution in [1.29, 1.82) is 0 Å². The van der Waals surface area contributed by atoms with Crippen LogP contribution in [0.5, 0.6) is 0 Å². The van der Waals surface area contributed by atoms with Gasteiger partial charge in [0.1, 0.15) is 0 Å². The minimum Gasteiger partial charge on any atom is -0.305 e. The molecule has 3 aromatic carbocycles. The number of halogens is 3. The van der Waals surface area contributed by atoms with Crippen molar-refractivity contribution in [3.05, 3.63) is 133 Å². The fraction of sp³-hybridized carbons (Fsp3) is 0.0345. The molecule has 0 saturated heterocycles. The van der Waals surface area contributed by atoms with Crippen LogP contribution in [-0.2, 0) is 26.3 Å². The van der Waals surface area contributed by atoms with Crippen molar-refractivity contribution >= 4 is 0 Å². The third-order valence-corrected chi connectivity index (χ3v) is 4.94. The van der Waals surface area contributed by atoms with Crippen LogP contribution in [-0.4, -0.2) is 9.97 Å². The predicted molar refractivity (Wildman–Crippen MR) is 127 cm³/mol. The molecular weight excluding hydrogens is 626 g/mol. The van der Waals surface area contributed by atoms with Gasteiger partial charge in [0.2, 0.25) is 0 Å². The van der Waals surface area contributed by atoms with E-state index in [0.29, 0.717) is 16.8 Å². The first-order chi connectivity index (χ1) is 16.5. The number of rotatable bonds is 3. The molecule has 1 radical (unpaired) electrons. The van der Waals surface area contributed by atoms with Gasteiger partial charge in [0, 0.05) is 32.5 Å². The molecule has 35 heavy (non-hydrogen) atoms. The average Bonchev–Trinajstić information content (AvgIpc) is 2.90. The molecule has 2 heterocycles. The largest absolute Gasteiger partial charge is 0.416 e. The smallest absolute Gasteiger partial charge is 0.305 e. The molecule has 177 valence electrons. The molecule has 0 amide bonds. The van der Waals surface area contributed by atoms with Gasteiger partial charge in [0.05, 0.1) is 5.56 Å². The second-order valence-corrected chi connectivity index (χ2v) is 7.24. The second kappa shape index (κ2) is 12.2. The van der Waals surface area contributed by atoms with E-state index in [9.17, 15) is 13.2 Å². The normalized spacial score (nSPS) is 10.5. The average molecular weight is 645 g/mol. The van der Waals surface area contributed by atoms with E-state index < -0.39 is 11.7 Å². The van der Waals surface area contributed by atoms with Gasteiger partial charge in [0.25, 0.3) is 0 Å². The summed E-state index contributed by atoms with van der Waals surface area (Å²) in [5.41, 5.74) is 3.35. The van der Waals surface area contributed by atoms with Gasteiger partial charge in [-0.05, 0) is 35.2 Å². The first kappa shape index (κ1) is 26.0. The summed E-state index contributed by atoms with van der Waals surface area (Å²) in [4.78, 5) is 8.42. The molecule has 0 bridgehead atoms. The van der Waals surface area contributed by atoms with E-state index in [1.807, 2.05) is 48.5 Å². The van der Waals surface area contributed by atoms with Gasteiger partial charge in [-0.1, -0.05) is 42.5 Å². The Morgan fingerprint density at radius 2 is 1.20 bits per heavy atom. The van der Waals surface area contributed by atoms with Gasteiger partial charge in [-0.2, -0.15) is 13.2 Å². The standard InChI is InChI=1S/C18H11F3N.C11H8N.Ir/c19-18(20,21)16-9-2-1-8-15(16)13-6-5-7-14(12-13)17-10-3-4-11-22-17;1-2-6-10(7-3-1)11-8-4-5-9-12-11;/h1-6,8-12H;1-6,8-9H;/q2*-1;. The maximum atomic E-state index is 13.1. The van der Waals surface area contributed by atoms with Crippen molar-refractivity contribution in [3.8, 4) is 33.6 Å². The zero-order chi connectivity index (χ0) is 23.8. The number of pyridine rings is 2. The van der Waals surface area contributed by atoms with Crippen molar-refractivity contribution in [2.75, 3.05) is 0 Å². The Morgan fingerprint density at radius 1 is 0.600 bits per heavy atom. The fourth-order valence-electron chi connectivity index (χ4n) is 3.36. The number of nitrogens with zero attached hydrogens (tertiary/aromatic N) is 2. The summed E-state index contributed by atoms with van der Waals surface area (Å²) in [6.07, 6.45) is -0.961. The van der Waals surface area contributed by atoms with Crippen LogP contribution in [0.2, 0.25) is 0 Å². The summed E-state index contributed by atoms with van der Waals surface area (Å²) in [7, 11) is 0. The molecule has 0 unspecified atom stereocenters. The Hall–Kier alpha value is -3.60. The minimum atomic E-state index is -4.39. The molecule has 5 rings (SSSR count). The van der Waals surface area contributed by atoms with E-state index in [1.54, 1.807) is 48.8 Å². The van der Waals surface area contributed by atoms with Crippen molar-refractivity contribution in [3.63, 3.8) is 0 Å². The Bertz CT molecular complexity index is 1290. The van der Waals surface area contributed by atoms with Crippen LogP contribution in [0, 0.1) is 12.1 Å². The van der Waals surface area contributed by atoms with Crippen molar-refractivity contribution in [1.82, 2.24) is 9.97 Å². The first-order valence-electron chi connectivity index (χ1n) is 10.5. The van der Waals surface area contributed by atoms with E-state index in [4.69, 9.17) is 0 Å². The van der Waals surface area contributed by atoms with Crippen LogP contribution in [0.15, 0.2) is 116 Å². The Kier molecular flexibility index (Phi) is 9.07. The number of benzene rings is 3. The molecule has 0 spiro atoms. The summed E-state index contributed by atoms with van der Waals surface area (Å²) in [6, 6.07) is 35.7. The van der Waals surface area contributed by atoms with E-state index >= 15 is 0 Å². The third-order valence-electron chi connectivity index (χ3n) is 4.94. The van der Waals surface area contributed by atoms with Crippen LogP contribution < -0.4 is 0 Å². The third kappa shape index (κ3) is 6.95. The maximum absolute atomic E-state index is 13.1. The van der Waals surface area contributed by atoms with E-state index in [-0.39, 0.29) is 25.7 Å². The molecule has 0 aliphatic rings. The van der Waals surface area contributed by atoms with Gasteiger partial charge in [-0.25, -0.2) is 0 Å². The number of hydrogen-bond acceptors (Lipinski definition) is 2. The maximum Gasteiger partial charge on any atom is 0.416 e. The predicted octanol–water partition coefficient (Wildman–Crippen LogP) is 7.78. The van der Waals surface area contributed by atoms with Gasteiger partial charge in [-0.15, -0.1) is 71.3 Å². The SMILES string of the molecule is FC(F)(F)c1ccccc1-c1cc[c-]c(-c2ccccn2)c1.[Ir].[c-]1ccccc1-c1ccccn1. The molecule has 2 nitrogen and oxygen atoms in total. The van der Waals surface area contributed by atoms with Crippen molar-refractivity contribution in [2.24, 2.45) is 0 Å². The van der Waals surface area contributed by atoms with Crippen LogP contribution >= 0.6 is 0 Å². The molecule has 0 aliphatic carbocycles. The topological polar surface area (TPSA) is 25.8 Å². The summed E-state index contributed by atoms with van der Waals surface area (Å²) in [5, 5.41) is 0. The molecule has 0 saturated carbocycles. The van der Waals surface area contributed by atoms with Crippen LogP contribution in [0.3, 0.4) is 0 Å². The number of aromatic nitrogens is 2. The van der Waals surface area contributed by atoms with Gasteiger partial charge >= 0.3 is 6.18 Å². The molecule has 6 heteroatoms. The zero-order valence-corrected chi connectivity index (χ0v) is 20.7. The molecule has 2 aromatic heterocycles. The van der Waals surface area contributed by atoms with Crippen molar-refractivity contribution < 1.29 is 33.3 Å². The van der Waals surface area contributed by atoms with Gasteiger partial charge < -0.3 is 9.97 Å². The van der Waals surface area contributed by atoms with Crippen molar-refractivity contribution in [2.45, 2.75) is 6.18 Å². The van der Waals surface area contributed by atoms with E-state index in [1.165, 1.54) is 12.1 Å². The summed E-state index contributed by atoms with van der Waals surface area (Å²) in [6.45, 7) is 0. The van der Waals surface area contributed by atoms with E-state index in [2.05, 4.69) is 22.1 Å². The summed E-state index contributed by atoms with van der Waals surface area (Å²) >= 11 is 0. The summed E-state index contributed by atoms with van der Waals surface area (Å²) < 4.78 is 39.4. The summed E-state index contributed by atoms with van der Waals surface area (Å²) in [5.74, 6) is 0. The van der Waals surface area contributed by atoms with E-state index in [0.717, 1.165) is 17.3 Å². The minimum absolute atomic E-state index is 0. The molecule has 5 aromatic rings. The molecule has 0 aliphatic heterocycles. The quantitative estimate of drug-likeness (QED) is 0.188. The van der Waals surface area contributed by atoms with Gasteiger partial charge in [0.15, 0.2) is 0 Å². The molecule has 0 fully saturated rings. The molecular formula is C29H19F3IrN2-2. The van der Waals surface area contributed by atoms with Crippen LogP contribution in [0.4, 0.5) is 13.2 Å². The van der Waals surface area contributed by atoms with Gasteiger partial charge in [-0.3, -0.25) is 0 Å². The number of alkyl halides is 3.